The van der Waals surface area contributed by atoms with Crippen LogP contribution in [0.1, 0.15) is 26.3 Å². The van der Waals surface area contributed by atoms with Crippen molar-refractivity contribution in [2.24, 2.45) is 11.1 Å². The molecule has 0 aromatic heterocycles. The highest BCUT2D eigenvalue weighted by atomic mass is 16.5. The van der Waals surface area contributed by atoms with Crippen LogP contribution < -0.4 is 5.73 Å². The fourth-order valence-corrected chi connectivity index (χ4v) is 1.29. The van der Waals surface area contributed by atoms with E-state index < -0.39 is 0 Å². The zero-order valence-corrected chi connectivity index (χ0v) is 10.6. The first-order chi connectivity index (χ1) is 7.50. The van der Waals surface area contributed by atoms with Crippen molar-refractivity contribution in [2.75, 3.05) is 13.2 Å². The van der Waals surface area contributed by atoms with Crippen LogP contribution in [0.5, 0.6) is 0 Å². The van der Waals surface area contributed by atoms with Gasteiger partial charge in [-0.1, -0.05) is 51.1 Å². The Bertz CT molecular complexity index is 289. The van der Waals surface area contributed by atoms with Crippen LogP contribution in [0, 0.1) is 5.41 Å². The molecular formula is C14H23NO. The van der Waals surface area contributed by atoms with Gasteiger partial charge in [0.1, 0.15) is 0 Å². The van der Waals surface area contributed by atoms with Crippen molar-refractivity contribution >= 4 is 0 Å². The van der Waals surface area contributed by atoms with E-state index in [2.05, 4.69) is 45.0 Å². The summed E-state index contributed by atoms with van der Waals surface area (Å²) in [5.74, 6) is 0. The van der Waals surface area contributed by atoms with E-state index in [4.69, 9.17) is 10.5 Å². The Labute approximate surface area is 98.8 Å². The van der Waals surface area contributed by atoms with Crippen molar-refractivity contribution in [2.45, 2.75) is 33.2 Å². The molecule has 0 fully saturated rings. The van der Waals surface area contributed by atoms with Crippen molar-refractivity contribution in [3.63, 3.8) is 0 Å². The maximum Gasteiger partial charge on any atom is 0.0622 e. The first-order valence-electron chi connectivity index (χ1n) is 5.87. The standard InChI is InChI=1S/C14H23NO/c1-14(2,3)13(15)11-16-10-9-12-7-5-4-6-8-12/h4-8,13H,9-11,15H2,1-3H3. The van der Waals surface area contributed by atoms with Gasteiger partial charge in [-0.15, -0.1) is 0 Å². The Balaban J connectivity index is 2.18. The zero-order valence-electron chi connectivity index (χ0n) is 10.6. The van der Waals surface area contributed by atoms with Crippen LogP contribution in [0.25, 0.3) is 0 Å². The maximum absolute atomic E-state index is 6.01. The molecule has 0 saturated heterocycles. The normalized spacial score (nSPS) is 13.8. The Hall–Kier alpha value is -0.860. The van der Waals surface area contributed by atoms with Gasteiger partial charge >= 0.3 is 0 Å². The van der Waals surface area contributed by atoms with Gasteiger partial charge in [0, 0.05) is 6.04 Å². The number of rotatable bonds is 5. The second kappa shape index (κ2) is 6.02. The van der Waals surface area contributed by atoms with E-state index in [0.717, 1.165) is 13.0 Å². The summed E-state index contributed by atoms with van der Waals surface area (Å²) in [4.78, 5) is 0. The Morgan fingerprint density at radius 3 is 2.38 bits per heavy atom. The predicted molar refractivity (Wildman–Crippen MR) is 68.4 cm³/mol. The molecule has 1 aromatic carbocycles. The van der Waals surface area contributed by atoms with E-state index in [1.165, 1.54) is 5.56 Å². The Morgan fingerprint density at radius 2 is 1.81 bits per heavy atom. The molecule has 0 radical (unpaired) electrons. The summed E-state index contributed by atoms with van der Waals surface area (Å²) in [5.41, 5.74) is 7.43. The van der Waals surface area contributed by atoms with Crippen LogP contribution in [0.15, 0.2) is 30.3 Å². The number of hydrogen-bond acceptors (Lipinski definition) is 2. The molecule has 0 aliphatic carbocycles. The summed E-state index contributed by atoms with van der Waals surface area (Å²) >= 11 is 0. The Morgan fingerprint density at radius 1 is 1.19 bits per heavy atom. The summed E-state index contributed by atoms with van der Waals surface area (Å²) in [6.45, 7) is 7.79. The lowest BCUT2D eigenvalue weighted by Crippen LogP contribution is -2.39. The first-order valence-corrected chi connectivity index (χ1v) is 5.87. The third-order valence-electron chi connectivity index (χ3n) is 2.79. The smallest absolute Gasteiger partial charge is 0.0622 e. The highest BCUT2D eigenvalue weighted by Gasteiger charge is 2.20. The molecule has 0 saturated carbocycles. The van der Waals surface area contributed by atoms with E-state index in [1.807, 2.05) is 6.07 Å². The van der Waals surface area contributed by atoms with Crippen molar-refractivity contribution in [1.29, 1.82) is 0 Å². The summed E-state index contributed by atoms with van der Waals surface area (Å²) in [5, 5.41) is 0. The molecule has 1 unspecified atom stereocenters. The largest absolute Gasteiger partial charge is 0.379 e. The fraction of sp³-hybridized carbons (Fsp3) is 0.571. The minimum absolute atomic E-state index is 0.100. The third kappa shape index (κ3) is 4.77. The molecule has 90 valence electrons. The zero-order chi connectivity index (χ0) is 12.0. The van der Waals surface area contributed by atoms with Gasteiger partial charge in [0.15, 0.2) is 0 Å². The van der Waals surface area contributed by atoms with Crippen molar-refractivity contribution in [1.82, 2.24) is 0 Å². The predicted octanol–water partition coefficient (Wildman–Crippen LogP) is 2.62. The van der Waals surface area contributed by atoms with Crippen molar-refractivity contribution in [3.05, 3.63) is 35.9 Å². The highest BCUT2D eigenvalue weighted by molar-refractivity contribution is 5.14. The van der Waals surface area contributed by atoms with Gasteiger partial charge in [-0.2, -0.15) is 0 Å². The quantitative estimate of drug-likeness (QED) is 0.776. The van der Waals surface area contributed by atoms with Crippen LogP contribution in [0.4, 0.5) is 0 Å². The van der Waals surface area contributed by atoms with Gasteiger partial charge < -0.3 is 10.5 Å². The lowest BCUT2D eigenvalue weighted by atomic mass is 9.88. The average Bonchev–Trinajstić information content (AvgIpc) is 2.24. The molecule has 0 amide bonds. The SMILES string of the molecule is CC(C)(C)C(N)COCCc1ccccc1. The number of nitrogens with two attached hydrogens (primary N) is 1. The molecule has 0 spiro atoms. The lowest BCUT2D eigenvalue weighted by Gasteiger charge is -2.26. The van der Waals surface area contributed by atoms with E-state index in [0.29, 0.717) is 6.61 Å². The number of ether oxygens (including phenoxy) is 1. The number of hydrogen-bond donors (Lipinski definition) is 1. The van der Waals surface area contributed by atoms with Gasteiger partial charge in [-0.05, 0) is 17.4 Å². The molecule has 0 bridgehead atoms. The minimum atomic E-state index is 0.100. The van der Waals surface area contributed by atoms with Crippen LogP contribution in [0.3, 0.4) is 0 Å². The summed E-state index contributed by atoms with van der Waals surface area (Å²) in [6, 6.07) is 10.5. The molecule has 1 aromatic rings. The molecule has 2 nitrogen and oxygen atoms in total. The molecule has 1 atom stereocenters. The highest BCUT2D eigenvalue weighted by Crippen LogP contribution is 2.17. The van der Waals surface area contributed by atoms with E-state index >= 15 is 0 Å². The van der Waals surface area contributed by atoms with Gasteiger partial charge in [0.2, 0.25) is 0 Å². The summed E-state index contributed by atoms with van der Waals surface area (Å²) in [7, 11) is 0. The second-order valence-corrected chi connectivity index (χ2v) is 5.28. The maximum atomic E-state index is 6.01. The molecule has 2 N–H and O–H groups in total. The van der Waals surface area contributed by atoms with Crippen LogP contribution >= 0.6 is 0 Å². The van der Waals surface area contributed by atoms with Gasteiger partial charge in [-0.25, -0.2) is 0 Å². The van der Waals surface area contributed by atoms with E-state index in [-0.39, 0.29) is 11.5 Å². The lowest BCUT2D eigenvalue weighted by molar-refractivity contribution is 0.0924. The van der Waals surface area contributed by atoms with Gasteiger partial charge in [0.05, 0.1) is 13.2 Å². The van der Waals surface area contributed by atoms with Crippen LogP contribution in [-0.4, -0.2) is 19.3 Å². The second-order valence-electron chi connectivity index (χ2n) is 5.28. The van der Waals surface area contributed by atoms with Crippen LogP contribution in [-0.2, 0) is 11.2 Å². The first kappa shape index (κ1) is 13.2. The summed E-state index contributed by atoms with van der Waals surface area (Å²) in [6.07, 6.45) is 0.956. The fourth-order valence-electron chi connectivity index (χ4n) is 1.29. The average molecular weight is 221 g/mol. The van der Waals surface area contributed by atoms with Crippen LogP contribution in [0.2, 0.25) is 0 Å². The van der Waals surface area contributed by atoms with Crippen molar-refractivity contribution in [3.8, 4) is 0 Å². The molecule has 1 rings (SSSR count). The minimum Gasteiger partial charge on any atom is -0.379 e. The molecule has 0 aliphatic heterocycles. The molecule has 16 heavy (non-hydrogen) atoms. The third-order valence-corrected chi connectivity index (χ3v) is 2.79. The van der Waals surface area contributed by atoms with Crippen molar-refractivity contribution < 1.29 is 4.74 Å². The van der Waals surface area contributed by atoms with Gasteiger partial charge in [0.25, 0.3) is 0 Å². The summed E-state index contributed by atoms with van der Waals surface area (Å²) < 4.78 is 5.60. The monoisotopic (exact) mass is 221 g/mol. The van der Waals surface area contributed by atoms with E-state index in [9.17, 15) is 0 Å². The molecular weight excluding hydrogens is 198 g/mol. The van der Waals surface area contributed by atoms with E-state index in [1.54, 1.807) is 0 Å². The molecule has 0 aliphatic rings. The number of benzene rings is 1. The molecule has 0 heterocycles. The topological polar surface area (TPSA) is 35.2 Å². The Kier molecular flexibility index (Phi) is 4.97. The van der Waals surface area contributed by atoms with Gasteiger partial charge in [-0.3, -0.25) is 0 Å². The molecule has 2 heteroatoms.